The zero-order valence-electron chi connectivity index (χ0n) is 17.9. The molecule has 1 aliphatic carbocycles. The molecule has 7 nitrogen and oxygen atoms in total. The number of aliphatic imine (C=N–C) groups is 1. The molecular weight excluding hydrogens is 511 g/mol. The van der Waals surface area contributed by atoms with E-state index in [-0.39, 0.29) is 29.4 Å². The summed E-state index contributed by atoms with van der Waals surface area (Å²) in [6.07, 6.45) is 3.25. The number of nitrogens with one attached hydrogen (secondary N) is 1. The van der Waals surface area contributed by atoms with Crippen LogP contribution >= 0.6 is 35.5 Å². The molecule has 0 amide bonds. The maximum atomic E-state index is 5.60. The van der Waals surface area contributed by atoms with E-state index in [1.165, 1.54) is 29.9 Å². The molecule has 0 spiro atoms. The Bertz CT molecular complexity index is 861. The van der Waals surface area contributed by atoms with Gasteiger partial charge in [-0.3, -0.25) is 4.99 Å². The van der Waals surface area contributed by atoms with Crippen molar-refractivity contribution in [2.45, 2.75) is 31.6 Å². The van der Waals surface area contributed by atoms with Crippen LogP contribution in [0.1, 0.15) is 31.2 Å². The summed E-state index contributed by atoms with van der Waals surface area (Å²) in [6.45, 7) is 6.73. The third-order valence-corrected chi connectivity index (χ3v) is 6.77. The summed E-state index contributed by atoms with van der Waals surface area (Å²) in [7, 11) is 3.62. The fourth-order valence-electron chi connectivity index (χ4n) is 3.98. The van der Waals surface area contributed by atoms with Gasteiger partial charge in [-0.25, -0.2) is 4.98 Å². The molecular formula is C21H31IN6OS. The number of nitrogens with zero attached hydrogens (tertiary/aromatic N) is 5. The van der Waals surface area contributed by atoms with E-state index in [1.807, 2.05) is 13.1 Å². The molecule has 0 atom stereocenters. The second kappa shape index (κ2) is 10.1. The molecule has 2 aromatic rings. The van der Waals surface area contributed by atoms with E-state index >= 15 is 0 Å². The van der Waals surface area contributed by atoms with Crippen molar-refractivity contribution in [3.63, 3.8) is 0 Å². The van der Waals surface area contributed by atoms with Crippen LogP contribution in [-0.4, -0.2) is 67.1 Å². The normalized spacial score (nSPS) is 18.0. The lowest BCUT2D eigenvalue weighted by molar-refractivity contribution is 0.369. The van der Waals surface area contributed by atoms with Gasteiger partial charge in [0.1, 0.15) is 11.6 Å². The smallest absolute Gasteiger partial charge is 0.205 e. The highest BCUT2D eigenvalue weighted by Gasteiger charge is 2.46. The highest BCUT2D eigenvalue weighted by Crippen LogP contribution is 2.50. The van der Waals surface area contributed by atoms with E-state index in [2.05, 4.69) is 54.6 Å². The molecule has 164 valence electrons. The van der Waals surface area contributed by atoms with E-state index in [0.29, 0.717) is 0 Å². The number of piperazine rings is 1. The SMILES string of the molecule is CCc1nsc(N2CCN(C(=NC)NCC3(c4ccccc4OC)CC3)CC2)n1.I. The molecule has 0 unspecified atom stereocenters. The van der Waals surface area contributed by atoms with Crippen molar-refractivity contribution in [2.75, 3.05) is 51.8 Å². The van der Waals surface area contributed by atoms with Crippen LogP contribution in [0.3, 0.4) is 0 Å². The Labute approximate surface area is 200 Å². The lowest BCUT2D eigenvalue weighted by Gasteiger charge is -2.36. The Kier molecular flexibility index (Phi) is 7.78. The number of benzene rings is 1. The minimum atomic E-state index is 0. The Hall–Kier alpha value is -1.62. The van der Waals surface area contributed by atoms with Gasteiger partial charge in [-0.2, -0.15) is 4.37 Å². The average Bonchev–Trinajstić information content (AvgIpc) is 3.41. The van der Waals surface area contributed by atoms with Crippen LogP contribution in [0, 0.1) is 0 Å². The minimum absolute atomic E-state index is 0. The van der Waals surface area contributed by atoms with Gasteiger partial charge in [0.2, 0.25) is 5.13 Å². The molecule has 2 fully saturated rings. The molecule has 1 saturated heterocycles. The van der Waals surface area contributed by atoms with Crippen molar-refractivity contribution in [3.05, 3.63) is 35.7 Å². The van der Waals surface area contributed by atoms with Crippen LogP contribution in [0.25, 0.3) is 0 Å². The van der Waals surface area contributed by atoms with Crippen molar-refractivity contribution in [1.82, 2.24) is 19.6 Å². The number of ether oxygens (including phenoxy) is 1. The van der Waals surface area contributed by atoms with Crippen molar-refractivity contribution >= 4 is 46.6 Å². The maximum Gasteiger partial charge on any atom is 0.205 e. The van der Waals surface area contributed by atoms with Gasteiger partial charge >= 0.3 is 0 Å². The molecule has 2 heterocycles. The Morgan fingerprint density at radius 1 is 1.23 bits per heavy atom. The molecule has 1 aromatic heterocycles. The zero-order chi connectivity index (χ0) is 20.3. The van der Waals surface area contributed by atoms with Gasteiger partial charge < -0.3 is 19.9 Å². The summed E-state index contributed by atoms with van der Waals surface area (Å²) in [5.74, 6) is 2.91. The first-order chi connectivity index (χ1) is 14.2. The van der Waals surface area contributed by atoms with Gasteiger partial charge in [-0.1, -0.05) is 25.1 Å². The summed E-state index contributed by atoms with van der Waals surface area (Å²) < 4.78 is 10.0. The molecule has 0 radical (unpaired) electrons. The molecule has 1 aliphatic heterocycles. The van der Waals surface area contributed by atoms with E-state index in [0.717, 1.165) is 61.8 Å². The number of anilines is 1. The van der Waals surface area contributed by atoms with Crippen LogP contribution < -0.4 is 15.0 Å². The Balaban J connectivity index is 0.00000256. The number of hydrogen-bond acceptors (Lipinski definition) is 6. The minimum Gasteiger partial charge on any atom is -0.496 e. The highest BCUT2D eigenvalue weighted by molar-refractivity contribution is 14.0. The largest absolute Gasteiger partial charge is 0.496 e. The van der Waals surface area contributed by atoms with Gasteiger partial charge in [0, 0.05) is 68.7 Å². The predicted octanol–water partition coefficient (Wildman–Crippen LogP) is 3.16. The Morgan fingerprint density at radius 3 is 2.57 bits per heavy atom. The van der Waals surface area contributed by atoms with Crippen molar-refractivity contribution in [1.29, 1.82) is 0 Å². The number of guanidine groups is 1. The zero-order valence-corrected chi connectivity index (χ0v) is 21.1. The topological polar surface area (TPSA) is 65.9 Å². The monoisotopic (exact) mass is 542 g/mol. The summed E-state index contributed by atoms with van der Waals surface area (Å²) >= 11 is 1.51. The summed E-state index contributed by atoms with van der Waals surface area (Å²) in [5.41, 5.74) is 1.46. The molecule has 4 rings (SSSR count). The summed E-state index contributed by atoms with van der Waals surface area (Å²) in [4.78, 5) is 13.9. The van der Waals surface area contributed by atoms with Gasteiger partial charge in [0.15, 0.2) is 5.96 Å². The van der Waals surface area contributed by atoms with Crippen LogP contribution in [0.4, 0.5) is 5.13 Å². The lowest BCUT2D eigenvalue weighted by atomic mass is 9.95. The average molecular weight is 542 g/mol. The quantitative estimate of drug-likeness (QED) is 0.344. The van der Waals surface area contributed by atoms with E-state index < -0.39 is 0 Å². The first-order valence-electron chi connectivity index (χ1n) is 10.4. The highest BCUT2D eigenvalue weighted by atomic mass is 127. The van der Waals surface area contributed by atoms with Crippen LogP contribution in [0.15, 0.2) is 29.3 Å². The van der Waals surface area contributed by atoms with Crippen molar-refractivity contribution in [3.8, 4) is 5.75 Å². The fourth-order valence-corrected chi connectivity index (χ4v) is 4.78. The number of rotatable bonds is 6. The summed E-state index contributed by atoms with van der Waals surface area (Å²) in [5, 5.41) is 4.68. The maximum absolute atomic E-state index is 5.60. The van der Waals surface area contributed by atoms with Gasteiger partial charge in [0.25, 0.3) is 0 Å². The number of hydrogen-bond donors (Lipinski definition) is 1. The van der Waals surface area contributed by atoms with Gasteiger partial charge in [-0.15, -0.1) is 24.0 Å². The van der Waals surface area contributed by atoms with Crippen molar-refractivity contribution in [2.24, 2.45) is 4.99 Å². The third-order valence-electron chi connectivity index (χ3n) is 5.95. The van der Waals surface area contributed by atoms with Gasteiger partial charge in [-0.05, 0) is 18.9 Å². The van der Waals surface area contributed by atoms with Crippen LogP contribution in [0.2, 0.25) is 0 Å². The lowest BCUT2D eigenvalue weighted by Crippen LogP contribution is -2.53. The predicted molar refractivity (Wildman–Crippen MR) is 134 cm³/mol. The number of para-hydroxylation sites is 1. The molecule has 9 heteroatoms. The first-order valence-corrected chi connectivity index (χ1v) is 11.1. The van der Waals surface area contributed by atoms with Crippen LogP contribution in [0.5, 0.6) is 5.75 Å². The van der Waals surface area contributed by atoms with Crippen LogP contribution in [-0.2, 0) is 11.8 Å². The van der Waals surface area contributed by atoms with E-state index in [4.69, 9.17) is 4.74 Å². The number of aryl methyl sites for hydroxylation is 1. The van der Waals surface area contributed by atoms with E-state index in [9.17, 15) is 0 Å². The standard InChI is InChI=1S/C21H30N6OS.HI/c1-4-18-24-20(29-25-18)27-13-11-26(12-14-27)19(22-2)23-15-21(9-10-21)16-7-5-6-8-17(16)28-3;/h5-8H,4,9-15H2,1-3H3,(H,22,23);1H. The Morgan fingerprint density at radius 2 is 1.97 bits per heavy atom. The number of aromatic nitrogens is 2. The molecule has 0 bridgehead atoms. The number of methoxy groups -OCH3 is 1. The van der Waals surface area contributed by atoms with E-state index in [1.54, 1.807) is 7.11 Å². The second-order valence-electron chi connectivity index (χ2n) is 7.70. The second-order valence-corrected chi connectivity index (χ2v) is 8.43. The molecule has 30 heavy (non-hydrogen) atoms. The van der Waals surface area contributed by atoms with Gasteiger partial charge in [0.05, 0.1) is 7.11 Å². The third kappa shape index (κ3) is 4.82. The molecule has 1 aromatic carbocycles. The number of halogens is 1. The molecule has 1 saturated carbocycles. The first kappa shape index (κ1) is 23.1. The summed E-state index contributed by atoms with van der Waals surface area (Å²) in [6, 6.07) is 8.39. The molecule has 2 aliphatic rings. The molecule has 1 N–H and O–H groups in total. The van der Waals surface area contributed by atoms with Crippen molar-refractivity contribution < 1.29 is 4.74 Å². The fraction of sp³-hybridized carbons (Fsp3) is 0.571.